The molecule has 1 aromatic heterocycles. The van der Waals surface area contributed by atoms with Gasteiger partial charge in [-0.25, -0.2) is 0 Å². The van der Waals surface area contributed by atoms with Crippen LogP contribution in [-0.4, -0.2) is 27.2 Å². The van der Waals surface area contributed by atoms with Crippen LogP contribution in [-0.2, 0) is 15.0 Å². The van der Waals surface area contributed by atoms with Gasteiger partial charge in [0.1, 0.15) is 0 Å². The monoisotopic (exact) mass is 287 g/mol. The van der Waals surface area contributed by atoms with Gasteiger partial charge >= 0.3 is 5.97 Å². The zero-order valence-corrected chi connectivity index (χ0v) is 11.9. The first-order valence-corrected chi connectivity index (χ1v) is 6.52. The molecular formula is C15H17N3O3. The number of carboxylic acid groups (broad SMARTS) is 1. The molecule has 1 atom stereocenters. The van der Waals surface area contributed by atoms with E-state index in [9.17, 15) is 14.7 Å². The fourth-order valence-corrected chi connectivity index (χ4v) is 2.10. The number of carbonyl (C=O) groups is 2. The number of rotatable bonds is 5. The van der Waals surface area contributed by atoms with Gasteiger partial charge in [-0.3, -0.25) is 14.7 Å². The second-order valence-corrected chi connectivity index (χ2v) is 5.16. The van der Waals surface area contributed by atoms with Crippen LogP contribution in [0.1, 0.15) is 24.6 Å². The largest absolute Gasteiger partial charge is 0.481 e. The smallest absolute Gasteiger partial charge is 0.314 e. The molecule has 3 N–H and O–H groups in total. The number of carbonyl (C=O) groups excluding carboxylic acids is 1. The maximum absolute atomic E-state index is 12.1. The van der Waals surface area contributed by atoms with E-state index < -0.39 is 17.3 Å². The van der Waals surface area contributed by atoms with E-state index >= 15 is 0 Å². The molecule has 2 aromatic rings. The van der Waals surface area contributed by atoms with E-state index in [2.05, 4.69) is 15.5 Å². The second-order valence-electron chi connectivity index (χ2n) is 5.16. The SMILES string of the molecule is Cc1cc(NC(=O)CC(C)(C(=O)O)c2ccccc2)n[nH]1. The van der Waals surface area contributed by atoms with Gasteiger partial charge in [-0.2, -0.15) is 5.10 Å². The van der Waals surface area contributed by atoms with E-state index in [1.54, 1.807) is 43.3 Å². The number of nitrogens with zero attached hydrogens (tertiary/aromatic N) is 1. The van der Waals surface area contributed by atoms with Crippen LogP contribution in [0.15, 0.2) is 36.4 Å². The number of aryl methyl sites for hydroxylation is 1. The van der Waals surface area contributed by atoms with Gasteiger partial charge < -0.3 is 10.4 Å². The molecule has 0 aliphatic rings. The molecule has 0 spiro atoms. The molecule has 0 radical (unpaired) electrons. The van der Waals surface area contributed by atoms with Crippen LogP contribution in [0.5, 0.6) is 0 Å². The summed E-state index contributed by atoms with van der Waals surface area (Å²) >= 11 is 0. The zero-order valence-electron chi connectivity index (χ0n) is 11.9. The van der Waals surface area contributed by atoms with E-state index in [1.807, 2.05) is 6.92 Å². The first-order chi connectivity index (χ1) is 9.91. The van der Waals surface area contributed by atoms with E-state index in [0.29, 0.717) is 11.4 Å². The standard InChI is InChI=1S/C15H17N3O3/c1-10-8-12(18-17-10)16-13(19)9-15(2,14(20)21)11-6-4-3-5-7-11/h3-8H,9H2,1-2H3,(H,20,21)(H2,16,17,18,19). The number of hydrogen-bond acceptors (Lipinski definition) is 3. The summed E-state index contributed by atoms with van der Waals surface area (Å²) in [5.41, 5.74) is 0.122. The Kier molecular flexibility index (Phi) is 4.07. The third-order valence-electron chi connectivity index (χ3n) is 3.37. The molecule has 1 amide bonds. The first-order valence-electron chi connectivity index (χ1n) is 6.52. The van der Waals surface area contributed by atoms with Crippen molar-refractivity contribution in [2.24, 2.45) is 0 Å². The second kappa shape index (κ2) is 5.78. The summed E-state index contributed by atoms with van der Waals surface area (Å²) in [5, 5.41) is 18.7. The third kappa shape index (κ3) is 3.28. The zero-order chi connectivity index (χ0) is 15.5. The van der Waals surface area contributed by atoms with E-state index in [0.717, 1.165) is 5.69 Å². The normalized spacial score (nSPS) is 13.4. The van der Waals surface area contributed by atoms with E-state index in [1.165, 1.54) is 0 Å². The highest BCUT2D eigenvalue weighted by atomic mass is 16.4. The average Bonchev–Trinajstić information content (AvgIpc) is 2.84. The summed E-state index contributed by atoms with van der Waals surface area (Å²) < 4.78 is 0. The third-order valence-corrected chi connectivity index (χ3v) is 3.37. The van der Waals surface area contributed by atoms with Crippen molar-refractivity contribution < 1.29 is 14.7 Å². The predicted molar refractivity (Wildman–Crippen MR) is 78.0 cm³/mol. The molecule has 6 heteroatoms. The number of nitrogens with one attached hydrogen (secondary N) is 2. The maximum Gasteiger partial charge on any atom is 0.314 e. The fraction of sp³-hybridized carbons (Fsp3) is 0.267. The summed E-state index contributed by atoms with van der Waals surface area (Å²) in [6.45, 7) is 3.36. The van der Waals surface area contributed by atoms with Crippen molar-refractivity contribution in [1.29, 1.82) is 0 Å². The molecule has 2 rings (SSSR count). The molecule has 1 unspecified atom stereocenters. The van der Waals surface area contributed by atoms with Gasteiger partial charge in [0.15, 0.2) is 5.82 Å². The van der Waals surface area contributed by atoms with Crippen LogP contribution in [0.4, 0.5) is 5.82 Å². The minimum absolute atomic E-state index is 0.168. The fourth-order valence-electron chi connectivity index (χ4n) is 2.10. The maximum atomic E-state index is 12.1. The Balaban J connectivity index is 2.17. The number of hydrogen-bond donors (Lipinski definition) is 3. The van der Waals surface area contributed by atoms with E-state index in [-0.39, 0.29) is 6.42 Å². The Labute approximate surface area is 122 Å². The summed E-state index contributed by atoms with van der Waals surface area (Å²) in [5.74, 6) is -1.05. The van der Waals surface area contributed by atoms with Gasteiger partial charge in [0.05, 0.1) is 5.41 Å². The topological polar surface area (TPSA) is 95.1 Å². The van der Waals surface area contributed by atoms with Gasteiger partial charge in [0, 0.05) is 18.2 Å². The Hall–Kier alpha value is -2.63. The summed E-state index contributed by atoms with van der Waals surface area (Å²) in [7, 11) is 0. The molecule has 110 valence electrons. The van der Waals surface area contributed by atoms with Crippen LogP contribution in [0.3, 0.4) is 0 Å². The van der Waals surface area contributed by atoms with Crippen LogP contribution < -0.4 is 5.32 Å². The lowest BCUT2D eigenvalue weighted by Gasteiger charge is -2.24. The molecule has 0 saturated carbocycles. The quantitative estimate of drug-likeness (QED) is 0.784. The minimum Gasteiger partial charge on any atom is -0.481 e. The molecule has 0 aliphatic carbocycles. The number of aromatic nitrogens is 2. The van der Waals surface area contributed by atoms with Gasteiger partial charge in [0.25, 0.3) is 0 Å². The first kappa shape index (κ1) is 14.8. The number of amides is 1. The van der Waals surface area contributed by atoms with Crippen molar-refractivity contribution in [3.8, 4) is 0 Å². The molecule has 0 bridgehead atoms. The number of anilines is 1. The minimum atomic E-state index is -1.28. The predicted octanol–water partition coefficient (Wildman–Crippen LogP) is 2.09. The Morgan fingerprint density at radius 2 is 2.00 bits per heavy atom. The number of aliphatic carboxylic acids is 1. The highest BCUT2D eigenvalue weighted by Gasteiger charge is 2.37. The van der Waals surface area contributed by atoms with Gasteiger partial charge in [-0.1, -0.05) is 30.3 Å². The van der Waals surface area contributed by atoms with Gasteiger partial charge in [-0.05, 0) is 19.4 Å². The molecule has 1 heterocycles. The highest BCUT2D eigenvalue weighted by molar-refractivity contribution is 5.95. The molecular weight excluding hydrogens is 270 g/mol. The lowest BCUT2D eigenvalue weighted by Crippen LogP contribution is -2.36. The van der Waals surface area contributed by atoms with Crippen molar-refractivity contribution >= 4 is 17.7 Å². The van der Waals surface area contributed by atoms with Crippen LogP contribution in [0.2, 0.25) is 0 Å². The molecule has 6 nitrogen and oxygen atoms in total. The van der Waals surface area contributed by atoms with Crippen molar-refractivity contribution in [2.75, 3.05) is 5.32 Å². The molecule has 21 heavy (non-hydrogen) atoms. The van der Waals surface area contributed by atoms with Crippen molar-refractivity contribution in [1.82, 2.24) is 10.2 Å². The summed E-state index contributed by atoms with van der Waals surface area (Å²) in [6, 6.07) is 10.4. The molecule has 0 saturated heterocycles. The summed E-state index contributed by atoms with van der Waals surface area (Å²) in [4.78, 5) is 23.7. The number of benzene rings is 1. The molecule has 0 fully saturated rings. The lowest BCUT2D eigenvalue weighted by molar-refractivity contribution is -0.145. The number of carboxylic acids is 1. The van der Waals surface area contributed by atoms with Gasteiger partial charge in [0.2, 0.25) is 5.91 Å². The van der Waals surface area contributed by atoms with Crippen molar-refractivity contribution in [3.05, 3.63) is 47.7 Å². The Bertz CT molecular complexity index is 651. The lowest BCUT2D eigenvalue weighted by atomic mass is 9.79. The van der Waals surface area contributed by atoms with Crippen LogP contribution in [0.25, 0.3) is 0 Å². The number of H-pyrrole nitrogens is 1. The van der Waals surface area contributed by atoms with Crippen molar-refractivity contribution in [2.45, 2.75) is 25.7 Å². The van der Waals surface area contributed by atoms with Crippen LogP contribution >= 0.6 is 0 Å². The van der Waals surface area contributed by atoms with Gasteiger partial charge in [-0.15, -0.1) is 0 Å². The summed E-state index contributed by atoms with van der Waals surface area (Å²) in [6.07, 6.45) is -0.168. The average molecular weight is 287 g/mol. The Morgan fingerprint density at radius 3 is 2.52 bits per heavy atom. The highest BCUT2D eigenvalue weighted by Crippen LogP contribution is 2.28. The Morgan fingerprint density at radius 1 is 1.33 bits per heavy atom. The molecule has 0 aliphatic heterocycles. The molecule has 1 aromatic carbocycles. The van der Waals surface area contributed by atoms with E-state index in [4.69, 9.17) is 0 Å². The van der Waals surface area contributed by atoms with Crippen LogP contribution in [0, 0.1) is 6.92 Å². The number of aromatic amines is 1. The van der Waals surface area contributed by atoms with Crippen molar-refractivity contribution in [3.63, 3.8) is 0 Å².